The third kappa shape index (κ3) is 7.57. The number of nitrogens with one attached hydrogen (secondary N) is 1. The molecular formula is C8H17NO6S. The van der Waals surface area contributed by atoms with Crippen molar-refractivity contribution in [1.82, 2.24) is 4.72 Å². The van der Waals surface area contributed by atoms with Gasteiger partial charge in [0.25, 0.3) is 0 Å². The van der Waals surface area contributed by atoms with E-state index in [9.17, 15) is 13.2 Å². The van der Waals surface area contributed by atoms with E-state index in [0.29, 0.717) is 0 Å². The van der Waals surface area contributed by atoms with Crippen LogP contribution in [0.15, 0.2) is 0 Å². The fourth-order valence-electron chi connectivity index (χ4n) is 0.910. The van der Waals surface area contributed by atoms with Crippen LogP contribution in [-0.2, 0) is 24.3 Å². The normalized spacial score (nSPS) is 13.6. The first-order valence-electron chi connectivity index (χ1n) is 4.62. The molecule has 0 saturated carbocycles. The number of rotatable bonds is 9. The van der Waals surface area contributed by atoms with Gasteiger partial charge in [-0.15, -0.1) is 0 Å². The number of aliphatic carboxylic acids is 1. The predicted molar refractivity (Wildman–Crippen MR) is 56.7 cm³/mol. The second-order valence-corrected chi connectivity index (χ2v) is 5.05. The topological polar surface area (TPSA) is 102 Å². The smallest absolute Gasteiger partial charge is 0.304 e. The van der Waals surface area contributed by atoms with E-state index < -0.39 is 28.2 Å². The van der Waals surface area contributed by atoms with Crippen LogP contribution in [0.1, 0.15) is 6.42 Å². The van der Waals surface area contributed by atoms with Crippen LogP contribution in [0.3, 0.4) is 0 Å². The zero-order chi connectivity index (χ0) is 12.6. The third-order valence-electron chi connectivity index (χ3n) is 1.80. The molecule has 0 aromatic heterocycles. The summed E-state index contributed by atoms with van der Waals surface area (Å²) in [5.74, 6) is -1.59. The summed E-state index contributed by atoms with van der Waals surface area (Å²) in [4.78, 5) is 10.2. The largest absolute Gasteiger partial charge is 0.481 e. The minimum absolute atomic E-state index is 0.0618. The summed E-state index contributed by atoms with van der Waals surface area (Å²) >= 11 is 0. The molecule has 0 saturated heterocycles. The number of hydrogen-bond donors (Lipinski definition) is 2. The van der Waals surface area contributed by atoms with Crippen LogP contribution in [0.25, 0.3) is 0 Å². The van der Waals surface area contributed by atoms with Crippen molar-refractivity contribution in [3.63, 3.8) is 0 Å². The molecule has 0 aromatic rings. The van der Waals surface area contributed by atoms with Crippen molar-refractivity contribution in [1.29, 1.82) is 0 Å². The van der Waals surface area contributed by atoms with Crippen LogP contribution in [-0.4, -0.2) is 58.7 Å². The van der Waals surface area contributed by atoms with Gasteiger partial charge in [-0.3, -0.25) is 4.79 Å². The highest BCUT2D eigenvalue weighted by Crippen LogP contribution is 1.93. The van der Waals surface area contributed by atoms with Crippen LogP contribution in [0.4, 0.5) is 0 Å². The first kappa shape index (κ1) is 15.3. The lowest BCUT2D eigenvalue weighted by Crippen LogP contribution is -2.37. The van der Waals surface area contributed by atoms with Crippen LogP contribution in [0.5, 0.6) is 0 Å². The Hall–Kier alpha value is -0.700. The number of carbonyl (C=O) groups is 1. The Morgan fingerprint density at radius 3 is 2.50 bits per heavy atom. The average Bonchev–Trinajstić information content (AvgIpc) is 2.21. The quantitative estimate of drug-likeness (QED) is 0.550. The van der Waals surface area contributed by atoms with Gasteiger partial charge in [0.2, 0.25) is 10.0 Å². The molecule has 0 radical (unpaired) electrons. The molecule has 0 spiro atoms. The van der Waals surface area contributed by atoms with Gasteiger partial charge < -0.3 is 14.6 Å². The molecule has 8 heteroatoms. The summed E-state index contributed by atoms with van der Waals surface area (Å²) in [6.07, 6.45) is -0.804. The summed E-state index contributed by atoms with van der Waals surface area (Å²) < 4.78 is 34.6. The average molecular weight is 255 g/mol. The lowest BCUT2D eigenvalue weighted by Gasteiger charge is -2.14. The third-order valence-corrected chi connectivity index (χ3v) is 3.15. The van der Waals surface area contributed by atoms with Crippen LogP contribution in [0.2, 0.25) is 0 Å². The molecule has 0 amide bonds. The molecule has 7 nitrogen and oxygen atoms in total. The molecule has 1 unspecified atom stereocenters. The van der Waals surface area contributed by atoms with Gasteiger partial charge in [0.05, 0.1) is 24.9 Å². The first-order chi connectivity index (χ1) is 7.41. The predicted octanol–water partition coefficient (Wildman–Crippen LogP) is -0.958. The number of ether oxygens (including phenoxy) is 2. The lowest BCUT2D eigenvalue weighted by molar-refractivity contribution is -0.136. The molecule has 2 N–H and O–H groups in total. The number of carboxylic acid groups (broad SMARTS) is 1. The van der Waals surface area contributed by atoms with Gasteiger partial charge >= 0.3 is 5.97 Å². The van der Waals surface area contributed by atoms with Crippen LogP contribution >= 0.6 is 0 Å². The molecule has 0 rings (SSSR count). The van der Waals surface area contributed by atoms with Crippen molar-refractivity contribution in [2.75, 3.05) is 33.1 Å². The van der Waals surface area contributed by atoms with Gasteiger partial charge in [-0.1, -0.05) is 0 Å². The van der Waals surface area contributed by atoms with Crippen molar-refractivity contribution in [2.24, 2.45) is 0 Å². The molecule has 0 aromatic carbocycles. The minimum Gasteiger partial charge on any atom is -0.481 e. The van der Waals surface area contributed by atoms with Crippen molar-refractivity contribution >= 4 is 16.0 Å². The monoisotopic (exact) mass is 255 g/mol. The molecule has 0 aliphatic carbocycles. The summed E-state index contributed by atoms with van der Waals surface area (Å²) in [6, 6.07) is 0. The van der Waals surface area contributed by atoms with Gasteiger partial charge in [-0.05, 0) is 0 Å². The maximum atomic E-state index is 11.3. The molecular weight excluding hydrogens is 238 g/mol. The van der Waals surface area contributed by atoms with Gasteiger partial charge in [0, 0.05) is 20.8 Å². The zero-order valence-corrected chi connectivity index (χ0v) is 10.1. The second kappa shape index (κ2) is 7.55. The number of carboxylic acids is 1. The minimum atomic E-state index is -3.57. The Balaban J connectivity index is 4.01. The Bertz CT molecular complexity index is 302. The van der Waals surface area contributed by atoms with E-state index >= 15 is 0 Å². The van der Waals surface area contributed by atoms with Crippen molar-refractivity contribution < 1.29 is 27.8 Å². The van der Waals surface area contributed by atoms with Gasteiger partial charge in [0.15, 0.2) is 0 Å². The molecule has 96 valence electrons. The molecule has 0 aliphatic rings. The highest BCUT2D eigenvalue weighted by molar-refractivity contribution is 7.89. The number of hydrogen-bond acceptors (Lipinski definition) is 5. The Kier molecular flexibility index (Phi) is 7.22. The van der Waals surface area contributed by atoms with Gasteiger partial charge in [0.1, 0.15) is 0 Å². The highest BCUT2D eigenvalue weighted by atomic mass is 32.2. The Morgan fingerprint density at radius 1 is 1.44 bits per heavy atom. The van der Waals surface area contributed by atoms with Gasteiger partial charge in [-0.25, -0.2) is 13.1 Å². The van der Waals surface area contributed by atoms with E-state index in [1.807, 2.05) is 0 Å². The fourth-order valence-corrected chi connectivity index (χ4v) is 1.94. The lowest BCUT2D eigenvalue weighted by atomic mass is 10.4. The summed E-state index contributed by atoms with van der Waals surface area (Å²) in [5, 5.41) is 8.35. The standard InChI is InChI=1S/C8H17NO6S/c1-14-6-7(15-2)5-9-16(12,13)4-3-8(10)11/h7,9H,3-6H2,1-2H3,(H,10,11). The van der Waals surface area contributed by atoms with Crippen LogP contribution < -0.4 is 4.72 Å². The molecule has 16 heavy (non-hydrogen) atoms. The van der Waals surface area contributed by atoms with Crippen LogP contribution in [0, 0.1) is 0 Å². The molecule has 0 heterocycles. The number of methoxy groups -OCH3 is 2. The zero-order valence-electron chi connectivity index (χ0n) is 9.30. The van der Waals surface area contributed by atoms with E-state index in [2.05, 4.69) is 4.72 Å². The maximum Gasteiger partial charge on any atom is 0.304 e. The van der Waals surface area contributed by atoms with E-state index in [0.717, 1.165) is 0 Å². The van der Waals surface area contributed by atoms with Crippen molar-refractivity contribution in [3.8, 4) is 0 Å². The number of sulfonamides is 1. The van der Waals surface area contributed by atoms with E-state index in [1.165, 1.54) is 14.2 Å². The van der Waals surface area contributed by atoms with Gasteiger partial charge in [-0.2, -0.15) is 0 Å². The molecule has 1 atom stereocenters. The van der Waals surface area contributed by atoms with Crippen molar-refractivity contribution in [3.05, 3.63) is 0 Å². The van der Waals surface area contributed by atoms with Crippen molar-refractivity contribution in [2.45, 2.75) is 12.5 Å². The maximum absolute atomic E-state index is 11.3. The SMILES string of the molecule is COCC(CNS(=O)(=O)CCC(=O)O)OC. The Labute approximate surface area is 94.8 Å². The van der Waals surface area contributed by atoms with E-state index in [-0.39, 0.29) is 19.3 Å². The fraction of sp³-hybridized carbons (Fsp3) is 0.875. The molecule has 0 aliphatic heterocycles. The van der Waals surface area contributed by atoms with E-state index in [4.69, 9.17) is 14.6 Å². The molecule has 0 fully saturated rings. The summed E-state index contributed by atoms with van der Waals surface area (Å²) in [7, 11) is -0.650. The first-order valence-corrected chi connectivity index (χ1v) is 6.27. The Morgan fingerprint density at radius 2 is 2.06 bits per heavy atom. The summed E-state index contributed by atoms with van der Waals surface area (Å²) in [5.41, 5.74) is 0. The second-order valence-electron chi connectivity index (χ2n) is 3.12. The molecule has 0 bridgehead atoms. The highest BCUT2D eigenvalue weighted by Gasteiger charge is 2.15. The van der Waals surface area contributed by atoms with E-state index in [1.54, 1.807) is 0 Å². The summed E-state index contributed by atoms with van der Waals surface area (Å²) in [6.45, 7) is 0.324.